The van der Waals surface area contributed by atoms with Crippen LogP contribution in [0.4, 0.5) is 23.0 Å². The predicted molar refractivity (Wildman–Crippen MR) is 91.2 cm³/mol. The van der Waals surface area contributed by atoms with Crippen molar-refractivity contribution in [3.63, 3.8) is 0 Å². The number of hydrogen-bond donors (Lipinski definition) is 3. The molecule has 0 spiro atoms. The Morgan fingerprint density at radius 1 is 1.14 bits per heavy atom. The van der Waals surface area contributed by atoms with E-state index in [-0.39, 0.29) is 0 Å². The van der Waals surface area contributed by atoms with Gasteiger partial charge in [0.1, 0.15) is 12.0 Å². The highest BCUT2D eigenvalue weighted by atomic mass is 35.5. The average Bonchev–Trinajstić information content (AvgIpc) is 2.46. The number of nitrogens with zero attached hydrogens (tertiary/aromatic N) is 2. The van der Waals surface area contributed by atoms with Gasteiger partial charge in [-0.05, 0) is 24.6 Å². The molecule has 1 aromatic carbocycles. The molecule has 0 bridgehead atoms. The van der Waals surface area contributed by atoms with Crippen LogP contribution in [-0.4, -0.2) is 30.2 Å². The molecule has 0 saturated carbocycles. The number of nitrogens with two attached hydrogens (primary N) is 1. The van der Waals surface area contributed by atoms with Crippen molar-refractivity contribution in [2.75, 3.05) is 36.6 Å². The van der Waals surface area contributed by atoms with Crippen LogP contribution in [0.2, 0.25) is 10.0 Å². The first-order valence-electron chi connectivity index (χ1n) is 6.66. The Morgan fingerprint density at radius 3 is 2.50 bits per heavy atom. The van der Waals surface area contributed by atoms with E-state index in [9.17, 15) is 0 Å². The lowest BCUT2D eigenvalue weighted by Gasteiger charge is -2.12. The van der Waals surface area contributed by atoms with E-state index in [1.165, 1.54) is 6.33 Å². The van der Waals surface area contributed by atoms with Gasteiger partial charge in [0.05, 0.1) is 0 Å². The largest absolute Gasteiger partial charge is 0.393 e. The van der Waals surface area contributed by atoms with Crippen LogP contribution < -0.4 is 16.4 Å². The molecule has 0 unspecified atom stereocenters. The molecule has 1 aromatic heterocycles. The summed E-state index contributed by atoms with van der Waals surface area (Å²) in [6.07, 6.45) is 2.29. The van der Waals surface area contributed by atoms with E-state index in [1.54, 1.807) is 25.3 Å². The van der Waals surface area contributed by atoms with E-state index in [2.05, 4.69) is 20.6 Å². The van der Waals surface area contributed by atoms with E-state index in [1.807, 2.05) is 0 Å². The Labute approximate surface area is 139 Å². The Hall–Kier alpha value is -1.76. The van der Waals surface area contributed by atoms with E-state index < -0.39 is 0 Å². The minimum absolute atomic E-state index is 0.427. The van der Waals surface area contributed by atoms with Crippen molar-refractivity contribution >= 4 is 46.2 Å². The van der Waals surface area contributed by atoms with Gasteiger partial charge in [-0.3, -0.25) is 0 Å². The third-order valence-corrected chi connectivity index (χ3v) is 3.26. The van der Waals surface area contributed by atoms with Crippen molar-refractivity contribution in [3.8, 4) is 0 Å². The number of ether oxygens (including phenoxy) is 1. The second kappa shape index (κ2) is 8.03. The lowest BCUT2D eigenvalue weighted by molar-refractivity contribution is 0.198. The van der Waals surface area contributed by atoms with Crippen LogP contribution in [0.1, 0.15) is 6.42 Å². The van der Waals surface area contributed by atoms with Gasteiger partial charge in [0.25, 0.3) is 0 Å². The Kier molecular flexibility index (Phi) is 6.06. The summed E-state index contributed by atoms with van der Waals surface area (Å²) in [5.74, 6) is 1.06. The monoisotopic (exact) mass is 341 g/mol. The predicted octanol–water partition coefficient (Wildman–Crippen LogP) is 3.56. The Bertz CT molecular complexity index is 618. The second-order valence-electron chi connectivity index (χ2n) is 4.54. The maximum atomic E-state index is 6.07. The minimum atomic E-state index is 0.427. The molecule has 118 valence electrons. The summed E-state index contributed by atoms with van der Waals surface area (Å²) < 4.78 is 4.99. The number of methoxy groups -OCH3 is 1. The van der Waals surface area contributed by atoms with Crippen molar-refractivity contribution in [1.29, 1.82) is 0 Å². The van der Waals surface area contributed by atoms with Gasteiger partial charge >= 0.3 is 0 Å². The Balaban J connectivity index is 2.11. The number of benzene rings is 1. The van der Waals surface area contributed by atoms with Crippen molar-refractivity contribution in [1.82, 2.24) is 9.97 Å². The molecule has 0 aliphatic heterocycles. The molecule has 0 aliphatic rings. The summed E-state index contributed by atoms with van der Waals surface area (Å²) in [6.45, 7) is 1.38. The molecule has 2 aromatic rings. The molecule has 0 fully saturated rings. The van der Waals surface area contributed by atoms with E-state index in [0.717, 1.165) is 6.42 Å². The highest BCUT2D eigenvalue weighted by molar-refractivity contribution is 6.35. The fourth-order valence-corrected chi connectivity index (χ4v) is 2.35. The molecule has 0 amide bonds. The molecule has 4 N–H and O–H groups in total. The van der Waals surface area contributed by atoms with Crippen LogP contribution >= 0.6 is 23.2 Å². The van der Waals surface area contributed by atoms with Gasteiger partial charge in [-0.1, -0.05) is 23.2 Å². The van der Waals surface area contributed by atoms with Gasteiger partial charge in [-0.2, -0.15) is 0 Å². The fourth-order valence-electron chi connectivity index (χ4n) is 1.82. The number of hydrogen-bond acceptors (Lipinski definition) is 6. The van der Waals surface area contributed by atoms with Crippen LogP contribution in [0.25, 0.3) is 0 Å². The smallest absolute Gasteiger partial charge is 0.159 e. The zero-order valence-electron chi connectivity index (χ0n) is 12.1. The van der Waals surface area contributed by atoms with Gasteiger partial charge in [-0.15, -0.1) is 0 Å². The third-order valence-electron chi connectivity index (χ3n) is 2.83. The summed E-state index contributed by atoms with van der Waals surface area (Å²) >= 11 is 11.9. The molecule has 0 radical (unpaired) electrons. The van der Waals surface area contributed by atoms with Crippen molar-refractivity contribution in [2.24, 2.45) is 0 Å². The number of halogens is 2. The third kappa shape index (κ3) is 4.62. The van der Waals surface area contributed by atoms with Crippen LogP contribution in [0.15, 0.2) is 24.5 Å². The van der Waals surface area contributed by atoms with Crippen molar-refractivity contribution in [3.05, 3.63) is 34.6 Å². The highest BCUT2D eigenvalue weighted by Gasteiger charge is 2.08. The molecular weight excluding hydrogens is 325 g/mol. The van der Waals surface area contributed by atoms with E-state index in [4.69, 9.17) is 33.7 Å². The van der Waals surface area contributed by atoms with Crippen LogP contribution in [-0.2, 0) is 4.74 Å². The quantitative estimate of drug-likeness (QED) is 0.667. The number of rotatable bonds is 7. The standard InChI is InChI=1S/C14H17Cl2N5O/c1-22-4-2-3-18-13-12(17)14(20-8-19-13)21-11-6-9(15)5-10(16)7-11/h5-8H,2-4,17H2,1H3,(H2,18,19,20,21). The number of aromatic nitrogens is 2. The molecule has 8 heteroatoms. The average molecular weight is 342 g/mol. The molecule has 0 saturated heterocycles. The minimum Gasteiger partial charge on any atom is -0.393 e. The van der Waals surface area contributed by atoms with E-state index >= 15 is 0 Å². The summed E-state index contributed by atoms with van der Waals surface area (Å²) in [7, 11) is 1.66. The molecule has 0 aliphatic carbocycles. The topological polar surface area (TPSA) is 85.1 Å². The zero-order chi connectivity index (χ0) is 15.9. The maximum absolute atomic E-state index is 6.07. The van der Waals surface area contributed by atoms with Gasteiger partial charge in [0.15, 0.2) is 11.6 Å². The summed E-state index contributed by atoms with van der Waals surface area (Å²) in [5.41, 5.74) is 7.20. The first kappa shape index (κ1) is 16.6. The Morgan fingerprint density at radius 2 is 1.82 bits per heavy atom. The lowest BCUT2D eigenvalue weighted by atomic mass is 10.3. The van der Waals surface area contributed by atoms with Crippen molar-refractivity contribution < 1.29 is 4.74 Å². The highest BCUT2D eigenvalue weighted by Crippen LogP contribution is 2.28. The maximum Gasteiger partial charge on any atom is 0.159 e. The SMILES string of the molecule is COCCCNc1ncnc(Nc2cc(Cl)cc(Cl)c2)c1N. The van der Waals surface area contributed by atoms with Gasteiger partial charge < -0.3 is 21.1 Å². The zero-order valence-corrected chi connectivity index (χ0v) is 13.6. The van der Waals surface area contributed by atoms with Gasteiger partial charge in [-0.25, -0.2) is 9.97 Å². The van der Waals surface area contributed by atoms with Crippen molar-refractivity contribution in [2.45, 2.75) is 6.42 Å². The normalized spacial score (nSPS) is 10.5. The number of nitrogens with one attached hydrogen (secondary N) is 2. The number of anilines is 4. The lowest BCUT2D eigenvalue weighted by Crippen LogP contribution is -2.10. The molecule has 22 heavy (non-hydrogen) atoms. The molecule has 2 rings (SSSR count). The molecule has 6 nitrogen and oxygen atoms in total. The fraction of sp³-hybridized carbons (Fsp3) is 0.286. The van der Waals surface area contributed by atoms with E-state index in [0.29, 0.717) is 46.2 Å². The summed E-state index contributed by atoms with van der Waals surface area (Å²) in [4.78, 5) is 8.27. The summed E-state index contributed by atoms with van der Waals surface area (Å²) in [5, 5.41) is 7.29. The first-order chi connectivity index (χ1) is 10.6. The second-order valence-corrected chi connectivity index (χ2v) is 5.41. The number of nitrogen functional groups attached to an aromatic ring is 1. The summed E-state index contributed by atoms with van der Waals surface area (Å²) in [6, 6.07) is 5.13. The van der Waals surface area contributed by atoms with Gasteiger partial charge in [0, 0.05) is 36.0 Å². The molecule has 1 heterocycles. The van der Waals surface area contributed by atoms with Crippen LogP contribution in [0, 0.1) is 0 Å². The molecular formula is C14H17Cl2N5O. The van der Waals surface area contributed by atoms with Crippen LogP contribution in [0.3, 0.4) is 0 Å². The molecule has 0 atom stereocenters. The first-order valence-corrected chi connectivity index (χ1v) is 7.42. The van der Waals surface area contributed by atoms with Crippen LogP contribution in [0.5, 0.6) is 0 Å². The van der Waals surface area contributed by atoms with Gasteiger partial charge in [0.2, 0.25) is 0 Å².